The van der Waals surface area contributed by atoms with Gasteiger partial charge in [-0.3, -0.25) is 4.79 Å². The molecule has 0 saturated carbocycles. The van der Waals surface area contributed by atoms with Crippen LogP contribution in [0.2, 0.25) is 0 Å². The van der Waals surface area contributed by atoms with Gasteiger partial charge in [-0.1, -0.05) is 0 Å². The van der Waals surface area contributed by atoms with E-state index in [2.05, 4.69) is 31.2 Å². The van der Waals surface area contributed by atoms with Crippen molar-refractivity contribution >= 4 is 33.3 Å². The van der Waals surface area contributed by atoms with E-state index in [-0.39, 0.29) is 16.0 Å². The molecule has 92 valence electrons. The summed E-state index contributed by atoms with van der Waals surface area (Å²) in [6.45, 7) is 0. The molecule has 0 bridgehead atoms. The summed E-state index contributed by atoms with van der Waals surface area (Å²) in [6.07, 6.45) is 2.76. The van der Waals surface area contributed by atoms with Gasteiger partial charge in [-0.15, -0.1) is 0 Å². The van der Waals surface area contributed by atoms with E-state index in [0.29, 0.717) is 5.69 Å². The Kier molecular flexibility index (Phi) is 3.52. The second-order valence-corrected chi connectivity index (χ2v) is 4.23. The fourth-order valence-corrected chi connectivity index (χ4v) is 1.67. The summed E-state index contributed by atoms with van der Waals surface area (Å²) in [4.78, 5) is 19.4. The van der Waals surface area contributed by atoms with Gasteiger partial charge in [0.2, 0.25) is 0 Å². The van der Waals surface area contributed by atoms with Crippen molar-refractivity contribution in [3.63, 3.8) is 0 Å². The quantitative estimate of drug-likeness (QED) is 0.891. The molecule has 0 spiro atoms. The van der Waals surface area contributed by atoms with Crippen LogP contribution >= 0.6 is 15.9 Å². The second kappa shape index (κ2) is 5.09. The Labute approximate surface area is 110 Å². The molecule has 0 aliphatic carbocycles. The van der Waals surface area contributed by atoms with Crippen LogP contribution in [0.25, 0.3) is 0 Å². The van der Waals surface area contributed by atoms with Gasteiger partial charge >= 0.3 is 0 Å². The molecule has 18 heavy (non-hydrogen) atoms. The van der Waals surface area contributed by atoms with Crippen LogP contribution in [0.4, 0.5) is 15.9 Å². The van der Waals surface area contributed by atoms with Gasteiger partial charge in [0, 0.05) is 18.1 Å². The molecule has 0 aliphatic rings. The first-order valence-electron chi connectivity index (χ1n) is 4.91. The van der Waals surface area contributed by atoms with E-state index >= 15 is 0 Å². The Hall–Kier alpha value is -2.02. The first-order valence-corrected chi connectivity index (χ1v) is 5.70. The van der Waals surface area contributed by atoms with Crippen LogP contribution in [0.5, 0.6) is 0 Å². The van der Waals surface area contributed by atoms with E-state index in [1.54, 1.807) is 0 Å². The van der Waals surface area contributed by atoms with Crippen molar-refractivity contribution in [1.82, 2.24) is 9.97 Å². The van der Waals surface area contributed by atoms with Crippen molar-refractivity contribution in [2.24, 2.45) is 0 Å². The maximum Gasteiger partial charge on any atom is 0.278 e. The van der Waals surface area contributed by atoms with Crippen LogP contribution in [0, 0.1) is 5.82 Å². The second-order valence-electron chi connectivity index (χ2n) is 3.37. The SMILES string of the molecule is Nc1nccnc1C(=O)Nc1ccc(F)c(Br)c1. The van der Waals surface area contributed by atoms with Gasteiger partial charge in [0.05, 0.1) is 4.47 Å². The number of hydrogen-bond acceptors (Lipinski definition) is 4. The maximum atomic E-state index is 13.0. The van der Waals surface area contributed by atoms with Crippen LogP contribution in [-0.2, 0) is 0 Å². The molecule has 1 aromatic carbocycles. The van der Waals surface area contributed by atoms with Crippen LogP contribution in [0.3, 0.4) is 0 Å². The van der Waals surface area contributed by atoms with Gasteiger partial charge < -0.3 is 11.1 Å². The lowest BCUT2D eigenvalue weighted by Gasteiger charge is -2.06. The van der Waals surface area contributed by atoms with Crippen LogP contribution in [0.1, 0.15) is 10.5 Å². The topological polar surface area (TPSA) is 80.9 Å². The number of benzene rings is 1. The molecule has 7 heteroatoms. The molecule has 0 radical (unpaired) electrons. The summed E-state index contributed by atoms with van der Waals surface area (Å²) in [5, 5.41) is 2.55. The molecule has 1 aromatic heterocycles. The largest absolute Gasteiger partial charge is 0.382 e. The Morgan fingerprint density at radius 2 is 2.06 bits per heavy atom. The Morgan fingerprint density at radius 1 is 1.33 bits per heavy atom. The summed E-state index contributed by atoms with van der Waals surface area (Å²) < 4.78 is 13.3. The minimum Gasteiger partial charge on any atom is -0.382 e. The van der Waals surface area contributed by atoms with Crippen LogP contribution < -0.4 is 11.1 Å². The number of carbonyl (C=O) groups excluding carboxylic acids is 1. The molecule has 2 rings (SSSR count). The van der Waals surface area contributed by atoms with E-state index < -0.39 is 11.7 Å². The standard InChI is InChI=1S/C11H8BrFN4O/c12-7-5-6(1-2-8(7)13)17-11(18)9-10(14)16-4-3-15-9/h1-5H,(H2,14,16)(H,17,18). The molecule has 0 aliphatic heterocycles. The van der Waals surface area contributed by atoms with Crippen molar-refractivity contribution in [1.29, 1.82) is 0 Å². The summed E-state index contributed by atoms with van der Waals surface area (Å²) in [7, 11) is 0. The van der Waals surface area contributed by atoms with Gasteiger partial charge in [0.1, 0.15) is 5.82 Å². The number of hydrogen-bond donors (Lipinski definition) is 2. The van der Waals surface area contributed by atoms with E-state index in [1.807, 2.05) is 0 Å². The Morgan fingerprint density at radius 3 is 2.72 bits per heavy atom. The zero-order valence-electron chi connectivity index (χ0n) is 9.02. The lowest BCUT2D eigenvalue weighted by molar-refractivity contribution is 0.102. The van der Waals surface area contributed by atoms with Crippen LogP contribution in [0.15, 0.2) is 35.1 Å². The first kappa shape index (κ1) is 12.4. The average Bonchev–Trinajstić information content (AvgIpc) is 2.34. The first-order chi connectivity index (χ1) is 8.58. The fraction of sp³-hybridized carbons (Fsp3) is 0. The number of amides is 1. The van der Waals surface area contributed by atoms with E-state index in [9.17, 15) is 9.18 Å². The van der Waals surface area contributed by atoms with Gasteiger partial charge in [-0.05, 0) is 34.1 Å². The molecule has 0 fully saturated rings. The zero-order chi connectivity index (χ0) is 13.1. The minimum atomic E-state index is -0.501. The molecule has 0 unspecified atom stereocenters. The normalized spacial score (nSPS) is 10.1. The number of rotatable bonds is 2. The number of nitrogens with one attached hydrogen (secondary N) is 1. The van der Waals surface area contributed by atoms with Crippen molar-refractivity contribution < 1.29 is 9.18 Å². The van der Waals surface area contributed by atoms with Gasteiger partial charge in [-0.25, -0.2) is 14.4 Å². The van der Waals surface area contributed by atoms with E-state index in [1.165, 1.54) is 30.6 Å². The third-order valence-corrected chi connectivity index (χ3v) is 2.73. The predicted octanol–water partition coefficient (Wildman–Crippen LogP) is 2.21. The highest BCUT2D eigenvalue weighted by molar-refractivity contribution is 9.10. The lowest BCUT2D eigenvalue weighted by atomic mass is 10.3. The lowest BCUT2D eigenvalue weighted by Crippen LogP contribution is -2.16. The number of carbonyl (C=O) groups is 1. The maximum absolute atomic E-state index is 13.0. The monoisotopic (exact) mass is 310 g/mol. The zero-order valence-corrected chi connectivity index (χ0v) is 10.6. The third kappa shape index (κ3) is 2.62. The minimum absolute atomic E-state index is 0.0259. The highest BCUT2D eigenvalue weighted by Gasteiger charge is 2.12. The van der Waals surface area contributed by atoms with E-state index in [0.717, 1.165) is 0 Å². The van der Waals surface area contributed by atoms with Gasteiger partial charge in [-0.2, -0.15) is 0 Å². The average molecular weight is 311 g/mol. The molecule has 5 nitrogen and oxygen atoms in total. The third-order valence-electron chi connectivity index (χ3n) is 2.12. The smallest absolute Gasteiger partial charge is 0.278 e. The van der Waals surface area contributed by atoms with Gasteiger partial charge in [0.25, 0.3) is 5.91 Å². The van der Waals surface area contributed by atoms with Crippen molar-refractivity contribution in [3.05, 3.63) is 46.6 Å². The number of nitrogens with two attached hydrogens (primary N) is 1. The molecular weight excluding hydrogens is 303 g/mol. The van der Waals surface area contributed by atoms with E-state index in [4.69, 9.17) is 5.73 Å². The number of anilines is 2. The predicted molar refractivity (Wildman–Crippen MR) is 68.5 cm³/mol. The number of nitrogen functional groups attached to an aromatic ring is 1. The van der Waals surface area contributed by atoms with Crippen molar-refractivity contribution in [2.45, 2.75) is 0 Å². The van der Waals surface area contributed by atoms with Gasteiger partial charge in [0.15, 0.2) is 11.5 Å². The molecule has 1 amide bonds. The number of aromatic nitrogens is 2. The fourth-order valence-electron chi connectivity index (χ4n) is 1.29. The molecule has 0 atom stereocenters. The molecule has 3 N–H and O–H groups in total. The number of nitrogens with zero attached hydrogens (tertiary/aromatic N) is 2. The highest BCUT2D eigenvalue weighted by atomic mass is 79.9. The van der Waals surface area contributed by atoms with Crippen molar-refractivity contribution in [2.75, 3.05) is 11.1 Å². The van der Waals surface area contributed by atoms with Crippen LogP contribution in [-0.4, -0.2) is 15.9 Å². The number of halogens is 2. The molecule has 2 aromatic rings. The summed E-state index contributed by atoms with van der Waals surface area (Å²) in [5.74, 6) is -0.873. The summed E-state index contributed by atoms with van der Waals surface area (Å²) in [5.41, 5.74) is 5.98. The van der Waals surface area contributed by atoms with Crippen molar-refractivity contribution in [3.8, 4) is 0 Å². The highest BCUT2D eigenvalue weighted by Crippen LogP contribution is 2.20. The Balaban J connectivity index is 2.22. The molecule has 1 heterocycles. The summed E-state index contributed by atoms with van der Waals surface area (Å²) >= 11 is 3.03. The summed E-state index contributed by atoms with van der Waals surface area (Å²) in [6, 6.07) is 4.12. The Bertz CT molecular complexity index is 605. The molecular formula is C11H8BrFN4O. The molecule has 0 saturated heterocycles.